The fourth-order valence-corrected chi connectivity index (χ4v) is 1.59. The van der Waals surface area contributed by atoms with Crippen molar-refractivity contribution < 1.29 is 5.11 Å². The standard InChI is InChI=1S/C12H18O/c1-4-12(13,5-2)11-8-6-7-10(3)9-11/h6-9,13H,4-5H2,1-3H3. The van der Waals surface area contributed by atoms with Crippen molar-refractivity contribution in [3.63, 3.8) is 0 Å². The molecule has 1 aromatic carbocycles. The molecular formula is C12H18O. The smallest absolute Gasteiger partial charge is 0.0891 e. The van der Waals surface area contributed by atoms with Gasteiger partial charge >= 0.3 is 0 Å². The van der Waals surface area contributed by atoms with Gasteiger partial charge in [-0.25, -0.2) is 0 Å². The van der Waals surface area contributed by atoms with Crippen LogP contribution in [0.2, 0.25) is 0 Å². The molecule has 0 radical (unpaired) electrons. The number of aryl methyl sites for hydroxylation is 1. The largest absolute Gasteiger partial charge is 0.385 e. The van der Waals surface area contributed by atoms with E-state index >= 15 is 0 Å². The minimum absolute atomic E-state index is 0.633. The summed E-state index contributed by atoms with van der Waals surface area (Å²) in [4.78, 5) is 0. The summed E-state index contributed by atoms with van der Waals surface area (Å²) < 4.78 is 0. The first-order valence-corrected chi connectivity index (χ1v) is 4.92. The first-order valence-electron chi connectivity index (χ1n) is 4.92. The monoisotopic (exact) mass is 178 g/mol. The molecular weight excluding hydrogens is 160 g/mol. The Morgan fingerprint density at radius 3 is 2.31 bits per heavy atom. The third kappa shape index (κ3) is 2.10. The minimum atomic E-state index is -0.633. The maximum Gasteiger partial charge on any atom is 0.0891 e. The zero-order valence-corrected chi connectivity index (χ0v) is 8.67. The van der Waals surface area contributed by atoms with Crippen LogP contribution in [0.25, 0.3) is 0 Å². The summed E-state index contributed by atoms with van der Waals surface area (Å²) in [6, 6.07) is 8.11. The van der Waals surface area contributed by atoms with E-state index in [9.17, 15) is 5.11 Å². The Labute approximate surface area is 80.4 Å². The van der Waals surface area contributed by atoms with Gasteiger partial charge in [-0.15, -0.1) is 0 Å². The zero-order chi connectivity index (χ0) is 9.90. The van der Waals surface area contributed by atoms with Crippen molar-refractivity contribution in [2.24, 2.45) is 0 Å². The first-order chi connectivity index (χ1) is 6.12. The van der Waals surface area contributed by atoms with Crippen molar-refractivity contribution in [1.82, 2.24) is 0 Å². The van der Waals surface area contributed by atoms with Crippen molar-refractivity contribution in [3.05, 3.63) is 35.4 Å². The van der Waals surface area contributed by atoms with Crippen molar-refractivity contribution in [1.29, 1.82) is 0 Å². The molecule has 0 atom stereocenters. The van der Waals surface area contributed by atoms with E-state index < -0.39 is 5.60 Å². The highest BCUT2D eigenvalue weighted by atomic mass is 16.3. The van der Waals surface area contributed by atoms with Crippen molar-refractivity contribution >= 4 is 0 Å². The van der Waals surface area contributed by atoms with E-state index in [0.29, 0.717) is 0 Å². The van der Waals surface area contributed by atoms with Crippen LogP contribution in [0, 0.1) is 6.92 Å². The van der Waals surface area contributed by atoms with Gasteiger partial charge in [0.05, 0.1) is 5.60 Å². The van der Waals surface area contributed by atoms with Crippen LogP contribution in [-0.4, -0.2) is 5.11 Å². The predicted octanol–water partition coefficient (Wildman–Crippen LogP) is 3.00. The molecule has 0 aliphatic rings. The molecule has 0 saturated heterocycles. The van der Waals surface area contributed by atoms with E-state index in [-0.39, 0.29) is 0 Å². The summed E-state index contributed by atoms with van der Waals surface area (Å²) in [5.41, 5.74) is 1.61. The Morgan fingerprint density at radius 1 is 1.23 bits per heavy atom. The first kappa shape index (κ1) is 10.3. The molecule has 0 spiro atoms. The maximum absolute atomic E-state index is 10.2. The topological polar surface area (TPSA) is 20.2 Å². The summed E-state index contributed by atoms with van der Waals surface area (Å²) in [7, 11) is 0. The molecule has 0 saturated carbocycles. The fourth-order valence-electron chi connectivity index (χ4n) is 1.59. The third-order valence-electron chi connectivity index (χ3n) is 2.73. The van der Waals surface area contributed by atoms with Gasteiger partial charge in [-0.05, 0) is 25.3 Å². The maximum atomic E-state index is 10.2. The second kappa shape index (κ2) is 3.93. The lowest BCUT2D eigenvalue weighted by atomic mass is 9.88. The zero-order valence-electron chi connectivity index (χ0n) is 8.67. The average Bonchev–Trinajstić information content (AvgIpc) is 2.17. The van der Waals surface area contributed by atoms with Crippen molar-refractivity contribution in [3.8, 4) is 0 Å². The van der Waals surface area contributed by atoms with Crippen molar-refractivity contribution in [2.45, 2.75) is 39.2 Å². The number of hydrogen-bond donors (Lipinski definition) is 1. The predicted molar refractivity (Wildman–Crippen MR) is 55.7 cm³/mol. The third-order valence-corrected chi connectivity index (χ3v) is 2.73. The van der Waals surface area contributed by atoms with E-state index in [2.05, 4.69) is 19.1 Å². The molecule has 72 valence electrons. The molecule has 0 aliphatic heterocycles. The summed E-state index contributed by atoms with van der Waals surface area (Å²) in [5.74, 6) is 0. The van der Waals surface area contributed by atoms with E-state index in [4.69, 9.17) is 0 Å². The fraction of sp³-hybridized carbons (Fsp3) is 0.500. The van der Waals surface area contributed by atoms with Gasteiger partial charge in [-0.3, -0.25) is 0 Å². The van der Waals surface area contributed by atoms with Gasteiger partial charge in [-0.2, -0.15) is 0 Å². The molecule has 0 aliphatic carbocycles. The van der Waals surface area contributed by atoms with Crippen LogP contribution in [-0.2, 0) is 5.60 Å². The van der Waals surface area contributed by atoms with Crippen LogP contribution < -0.4 is 0 Å². The van der Waals surface area contributed by atoms with E-state index in [0.717, 1.165) is 18.4 Å². The highest BCUT2D eigenvalue weighted by molar-refractivity contribution is 5.27. The van der Waals surface area contributed by atoms with Gasteiger partial charge in [0.1, 0.15) is 0 Å². The quantitative estimate of drug-likeness (QED) is 0.754. The van der Waals surface area contributed by atoms with E-state index in [1.165, 1.54) is 5.56 Å². The Morgan fingerprint density at radius 2 is 1.85 bits per heavy atom. The lowest BCUT2D eigenvalue weighted by Gasteiger charge is -2.26. The highest BCUT2D eigenvalue weighted by Crippen LogP contribution is 2.28. The Kier molecular flexibility index (Phi) is 3.10. The highest BCUT2D eigenvalue weighted by Gasteiger charge is 2.24. The van der Waals surface area contributed by atoms with Crippen LogP contribution in [0.4, 0.5) is 0 Å². The number of benzene rings is 1. The van der Waals surface area contributed by atoms with Gasteiger partial charge in [0.15, 0.2) is 0 Å². The summed E-state index contributed by atoms with van der Waals surface area (Å²) >= 11 is 0. The van der Waals surface area contributed by atoms with Gasteiger partial charge < -0.3 is 5.11 Å². The van der Waals surface area contributed by atoms with Crippen LogP contribution in [0.5, 0.6) is 0 Å². The molecule has 0 amide bonds. The molecule has 1 N–H and O–H groups in total. The minimum Gasteiger partial charge on any atom is -0.385 e. The van der Waals surface area contributed by atoms with E-state index in [1.54, 1.807) is 0 Å². The average molecular weight is 178 g/mol. The summed E-state index contributed by atoms with van der Waals surface area (Å²) in [6.07, 6.45) is 1.54. The van der Waals surface area contributed by atoms with Gasteiger partial charge in [0, 0.05) is 0 Å². The SMILES string of the molecule is CCC(O)(CC)c1cccc(C)c1. The summed E-state index contributed by atoms with van der Waals surface area (Å²) in [6.45, 7) is 6.09. The van der Waals surface area contributed by atoms with Crippen LogP contribution in [0.1, 0.15) is 37.8 Å². The van der Waals surface area contributed by atoms with Crippen LogP contribution in [0.3, 0.4) is 0 Å². The lowest BCUT2D eigenvalue weighted by Crippen LogP contribution is -2.23. The van der Waals surface area contributed by atoms with E-state index in [1.807, 2.05) is 26.0 Å². The van der Waals surface area contributed by atoms with Crippen molar-refractivity contribution in [2.75, 3.05) is 0 Å². The van der Waals surface area contributed by atoms with Gasteiger partial charge in [0.25, 0.3) is 0 Å². The van der Waals surface area contributed by atoms with Crippen LogP contribution >= 0.6 is 0 Å². The molecule has 0 aromatic heterocycles. The number of aliphatic hydroxyl groups is 1. The Hall–Kier alpha value is -0.820. The molecule has 0 heterocycles. The molecule has 1 aromatic rings. The number of hydrogen-bond acceptors (Lipinski definition) is 1. The molecule has 1 rings (SSSR count). The van der Waals surface area contributed by atoms with Gasteiger partial charge in [-0.1, -0.05) is 43.7 Å². The lowest BCUT2D eigenvalue weighted by molar-refractivity contribution is 0.0283. The Balaban J connectivity index is 3.05. The summed E-state index contributed by atoms with van der Waals surface area (Å²) in [5, 5.41) is 10.2. The molecule has 1 nitrogen and oxygen atoms in total. The molecule has 0 unspecified atom stereocenters. The molecule has 1 heteroatoms. The second-order valence-corrected chi connectivity index (χ2v) is 3.61. The molecule has 13 heavy (non-hydrogen) atoms. The van der Waals surface area contributed by atoms with Crippen LogP contribution in [0.15, 0.2) is 24.3 Å². The molecule has 0 fully saturated rings. The molecule has 0 bridgehead atoms. The number of rotatable bonds is 3. The Bertz CT molecular complexity index is 274. The normalized spacial score (nSPS) is 11.7. The second-order valence-electron chi connectivity index (χ2n) is 3.61. The van der Waals surface area contributed by atoms with Gasteiger partial charge in [0.2, 0.25) is 0 Å².